The first kappa shape index (κ1) is 15.4. The van der Waals surface area contributed by atoms with Gasteiger partial charge in [0.2, 0.25) is 5.95 Å². The smallest absolute Gasteiger partial charge is 0.225 e. The molecule has 0 amide bonds. The Morgan fingerprint density at radius 3 is 2.58 bits per heavy atom. The third kappa shape index (κ3) is 3.10. The molecule has 2 heterocycles. The summed E-state index contributed by atoms with van der Waals surface area (Å²) in [6, 6.07) is 11.3. The zero-order chi connectivity index (χ0) is 16.4. The summed E-state index contributed by atoms with van der Waals surface area (Å²) in [6.07, 6.45) is 9.22. The molecule has 2 aromatic rings. The van der Waals surface area contributed by atoms with Gasteiger partial charge in [-0.2, -0.15) is 0 Å². The Hall–Kier alpha value is -2.10. The lowest BCUT2D eigenvalue weighted by Crippen LogP contribution is -2.44. The lowest BCUT2D eigenvalue weighted by Gasteiger charge is -2.38. The van der Waals surface area contributed by atoms with Gasteiger partial charge in [-0.3, -0.25) is 0 Å². The van der Waals surface area contributed by atoms with E-state index in [0.29, 0.717) is 6.04 Å². The van der Waals surface area contributed by atoms with Crippen molar-refractivity contribution in [2.75, 3.05) is 29.9 Å². The molecule has 2 aliphatic rings. The van der Waals surface area contributed by atoms with Crippen molar-refractivity contribution in [2.45, 2.75) is 44.6 Å². The molecular formula is C20H26N4. The molecule has 0 spiro atoms. The number of aryl methyl sites for hydroxylation is 2. The topological polar surface area (TPSA) is 32.3 Å². The standard InChI is InChI=1S/C20H26N4/c1-23(17-8-3-2-4-9-17)18-11-13-24(14-12-18)20-21-15-16-7-5-6-10-19(16)22-20/h2-4,8-9,15,18H,5-7,10-14H2,1H3. The van der Waals surface area contributed by atoms with Gasteiger partial charge in [-0.05, 0) is 56.2 Å². The minimum absolute atomic E-state index is 0.598. The Bertz CT molecular complexity index is 677. The van der Waals surface area contributed by atoms with Crippen LogP contribution in [0.15, 0.2) is 36.5 Å². The summed E-state index contributed by atoms with van der Waals surface area (Å²) in [7, 11) is 2.21. The molecule has 1 fully saturated rings. The second-order valence-electron chi connectivity index (χ2n) is 7.01. The normalized spacial score (nSPS) is 18.3. The van der Waals surface area contributed by atoms with Crippen LogP contribution in [-0.4, -0.2) is 36.1 Å². The average molecular weight is 322 g/mol. The largest absolute Gasteiger partial charge is 0.371 e. The predicted molar refractivity (Wildman–Crippen MR) is 98.8 cm³/mol. The van der Waals surface area contributed by atoms with Crippen molar-refractivity contribution >= 4 is 11.6 Å². The Kier molecular flexibility index (Phi) is 4.37. The number of benzene rings is 1. The lowest BCUT2D eigenvalue weighted by atomic mass is 9.97. The van der Waals surface area contributed by atoms with E-state index in [1.54, 1.807) is 0 Å². The van der Waals surface area contributed by atoms with E-state index in [1.165, 1.54) is 29.8 Å². The number of para-hydroxylation sites is 1. The molecule has 24 heavy (non-hydrogen) atoms. The van der Waals surface area contributed by atoms with Gasteiger partial charge in [-0.15, -0.1) is 0 Å². The Labute approximate surface area is 144 Å². The van der Waals surface area contributed by atoms with Crippen molar-refractivity contribution in [3.05, 3.63) is 47.8 Å². The van der Waals surface area contributed by atoms with E-state index < -0.39 is 0 Å². The van der Waals surface area contributed by atoms with Crippen LogP contribution >= 0.6 is 0 Å². The molecule has 1 aromatic carbocycles. The van der Waals surface area contributed by atoms with Crippen molar-refractivity contribution in [1.82, 2.24) is 9.97 Å². The molecule has 4 rings (SSSR count). The summed E-state index contributed by atoms with van der Waals surface area (Å²) in [4.78, 5) is 14.3. The van der Waals surface area contributed by atoms with Gasteiger partial charge in [-0.25, -0.2) is 9.97 Å². The first-order valence-corrected chi connectivity index (χ1v) is 9.19. The second-order valence-corrected chi connectivity index (χ2v) is 7.01. The third-order valence-electron chi connectivity index (χ3n) is 5.51. The van der Waals surface area contributed by atoms with Gasteiger partial charge in [0.05, 0.1) is 0 Å². The van der Waals surface area contributed by atoms with Crippen LogP contribution in [0.2, 0.25) is 0 Å². The second kappa shape index (κ2) is 6.80. The molecule has 4 nitrogen and oxygen atoms in total. The fraction of sp³-hybridized carbons (Fsp3) is 0.500. The highest BCUT2D eigenvalue weighted by Crippen LogP contribution is 2.25. The molecule has 1 aliphatic heterocycles. The minimum Gasteiger partial charge on any atom is -0.371 e. The zero-order valence-corrected chi connectivity index (χ0v) is 14.5. The lowest BCUT2D eigenvalue weighted by molar-refractivity contribution is 0.476. The quantitative estimate of drug-likeness (QED) is 0.866. The maximum atomic E-state index is 4.87. The molecule has 126 valence electrons. The summed E-state index contributed by atoms with van der Waals surface area (Å²) in [5, 5.41) is 0. The molecule has 0 atom stereocenters. The summed E-state index contributed by atoms with van der Waals surface area (Å²) < 4.78 is 0. The third-order valence-corrected chi connectivity index (χ3v) is 5.51. The van der Waals surface area contributed by atoms with Crippen molar-refractivity contribution in [3.63, 3.8) is 0 Å². The highest BCUT2D eigenvalue weighted by molar-refractivity contribution is 5.46. The molecule has 1 aliphatic carbocycles. The van der Waals surface area contributed by atoms with Crippen LogP contribution < -0.4 is 9.80 Å². The van der Waals surface area contributed by atoms with E-state index in [-0.39, 0.29) is 0 Å². The summed E-state index contributed by atoms with van der Waals surface area (Å²) in [6.45, 7) is 2.08. The van der Waals surface area contributed by atoms with Crippen LogP contribution in [0.4, 0.5) is 11.6 Å². The van der Waals surface area contributed by atoms with E-state index in [1.807, 2.05) is 0 Å². The van der Waals surface area contributed by atoms with Gasteiger partial charge in [0.25, 0.3) is 0 Å². The fourth-order valence-electron chi connectivity index (χ4n) is 3.94. The number of rotatable bonds is 3. The van der Waals surface area contributed by atoms with Crippen LogP contribution in [0.1, 0.15) is 36.9 Å². The van der Waals surface area contributed by atoms with Gasteiger partial charge in [0.15, 0.2) is 0 Å². The van der Waals surface area contributed by atoms with Gasteiger partial charge in [0.1, 0.15) is 0 Å². The van der Waals surface area contributed by atoms with E-state index in [2.05, 4.69) is 58.4 Å². The number of anilines is 2. The molecule has 4 heteroatoms. The Morgan fingerprint density at radius 2 is 1.79 bits per heavy atom. The van der Waals surface area contributed by atoms with Crippen LogP contribution in [0.25, 0.3) is 0 Å². The number of piperidine rings is 1. The predicted octanol–water partition coefficient (Wildman–Crippen LogP) is 3.46. The monoisotopic (exact) mass is 322 g/mol. The van der Waals surface area contributed by atoms with Gasteiger partial charge >= 0.3 is 0 Å². The van der Waals surface area contributed by atoms with E-state index in [0.717, 1.165) is 44.7 Å². The summed E-state index contributed by atoms with van der Waals surface area (Å²) in [5.74, 6) is 0.941. The number of aromatic nitrogens is 2. The molecule has 0 radical (unpaired) electrons. The highest BCUT2D eigenvalue weighted by atomic mass is 15.3. The number of nitrogens with zero attached hydrogens (tertiary/aromatic N) is 4. The van der Waals surface area contributed by atoms with Crippen LogP contribution in [0.5, 0.6) is 0 Å². The number of fused-ring (bicyclic) bond motifs is 1. The van der Waals surface area contributed by atoms with Crippen molar-refractivity contribution < 1.29 is 0 Å². The number of hydrogen-bond donors (Lipinski definition) is 0. The number of hydrogen-bond acceptors (Lipinski definition) is 4. The van der Waals surface area contributed by atoms with Crippen LogP contribution in [-0.2, 0) is 12.8 Å². The summed E-state index contributed by atoms with van der Waals surface area (Å²) in [5.41, 5.74) is 3.96. The Morgan fingerprint density at radius 1 is 1.04 bits per heavy atom. The molecule has 1 aromatic heterocycles. The van der Waals surface area contributed by atoms with Crippen LogP contribution in [0, 0.1) is 0 Å². The first-order valence-electron chi connectivity index (χ1n) is 9.19. The average Bonchev–Trinajstić information content (AvgIpc) is 2.68. The van der Waals surface area contributed by atoms with Crippen LogP contribution in [0.3, 0.4) is 0 Å². The molecule has 0 unspecified atom stereocenters. The van der Waals surface area contributed by atoms with Gasteiger partial charge in [0, 0.05) is 43.8 Å². The van der Waals surface area contributed by atoms with Gasteiger partial charge in [-0.1, -0.05) is 18.2 Å². The maximum absolute atomic E-state index is 4.87. The van der Waals surface area contributed by atoms with Gasteiger partial charge < -0.3 is 9.80 Å². The summed E-state index contributed by atoms with van der Waals surface area (Å²) >= 11 is 0. The van der Waals surface area contributed by atoms with E-state index in [9.17, 15) is 0 Å². The SMILES string of the molecule is CN(c1ccccc1)C1CCN(c2ncc3c(n2)CCCC3)CC1. The zero-order valence-electron chi connectivity index (χ0n) is 14.5. The van der Waals surface area contributed by atoms with Crippen molar-refractivity contribution in [3.8, 4) is 0 Å². The van der Waals surface area contributed by atoms with E-state index >= 15 is 0 Å². The van der Waals surface area contributed by atoms with Crippen molar-refractivity contribution in [1.29, 1.82) is 0 Å². The van der Waals surface area contributed by atoms with Crippen molar-refractivity contribution in [2.24, 2.45) is 0 Å². The van der Waals surface area contributed by atoms with E-state index in [4.69, 9.17) is 4.98 Å². The fourth-order valence-corrected chi connectivity index (χ4v) is 3.94. The first-order chi connectivity index (χ1) is 11.8. The molecule has 0 bridgehead atoms. The molecule has 0 N–H and O–H groups in total. The molecular weight excluding hydrogens is 296 g/mol. The maximum Gasteiger partial charge on any atom is 0.225 e. The molecule has 0 saturated carbocycles. The Balaban J connectivity index is 1.41. The molecule has 1 saturated heterocycles. The minimum atomic E-state index is 0.598. The highest BCUT2D eigenvalue weighted by Gasteiger charge is 2.24.